The van der Waals surface area contributed by atoms with E-state index >= 15 is 0 Å². The summed E-state index contributed by atoms with van der Waals surface area (Å²) >= 11 is 9.68. The Bertz CT molecular complexity index is 620. The monoisotopic (exact) mass is 354 g/mol. The number of ether oxygens (including phenoxy) is 1. The maximum Gasteiger partial charge on any atom is 0.150 e. The lowest BCUT2D eigenvalue weighted by atomic mass is 10.1. The summed E-state index contributed by atoms with van der Waals surface area (Å²) < 4.78 is 8.64. The third-order valence-corrected chi connectivity index (χ3v) is 4.65. The summed E-state index contributed by atoms with van der Waals surface area (Å²) in [5.74, 6) is 0. The molecule has 0 N–H and O–H groups in total. The Morgan fingerprint density at radius 2 is 2.25 bits per heavy atom. The van der Waals surface area contributed by atoms with Gasteiger partial charge in [0.25, 0.3) is 0 Å². The average molecular weight is 356 g/mol. The van der Waals surface area contributed by atoms with Gasteiger partial charge >= 0.3 is 0 Å². The molecule has 1 fully saturated rings. The number of halogens is 2. The smallest absolute Gasteiger partial charge is 0.150 e. The predicted molar refractivity (Wildman–Crippen MR) is 84.0 cm³/mol. The summed E-state index contributed by atoms with van der Waals surface area (Å²) in [4.78, 5) is 0. The number of nitrogens with zero attached hydrogens (tertiary/aromatic N) is 2. The van der Waals surface area contributed by atoms with E-state index < -0.39 is 0 Å². The second-order valence-corrected chi connectivity index (χ2v) is 6.34. The minimum absolute atomic E-state index is 0.0738. The van der Waals surface area contributed by atoms with E-state index in [9.17, 15) is 0 Å². The summed E-state index contributed by atoms with van der Waals surface area (Å²) in [6, 6.07) is 5.99. The van der Waals surface area contributed by atoms with Crippen molar-refractivity contribution in [3.63, 3.8) is 0 Å². The topological polar surface area (TPSA) is 27.1 Å². The molecule has 1 saturated heterocycles. The largest absolute Gasteiger partial charge is 0.357 e. The highest BCUT2D eigenvalue weighted by Crippen LogP contribution is 2.32. The second-order valence-electron chi connectivity index (χ2n) is 5.08. The molecule has 0 radical (unpaired) electrons. The van der Waals surface area contributed by atoms with Crippen LogP contribution in [0.3, 0.4) is 0 Å². The number of benzene rings is 1. The number of hydrogen-bond acceptors (Lipinski definition) is 2. The maximum atomic E-state index is 6.12. The van der Waals surface area contributed by atoms with Gasteiger partial charge in [-0.05, 0) is 49.9 Å². The van der Waals surface area contributed by atoms with Gasteiger partial charge in [-0.3, -0.25) is 0 Å². The van der Waals surface area contributed by atoms with Gasteiger partial charge in [0.2, 0.25) is 0 Å². The Kier molecular flexibility index (Phi) is 4.15. The van der Waals surface area contributed by atoms with Gasteiger partial charge in [-0.2, -0.15) is 5.10 Å². The maximum absolute atomic E-state index is 6.12. The highest BCUT2D eigenvalue weighted by molar-refractivity contribution is 9.10. The lowest BCUT2D eigenvalue weighted by Gasteiger charge is -2.22. The van der Waals surface area contributed by atoms with Gasteiger partial charge in [0.1, 0.15) is 6.23 Å². The van der Waals surface area contributed by atoms with Crippen molar-refractivity contribution in [3.8, 4) is 11.3 Å². The van der Waals surface area contributed by atoms with Gasteiger partial charge in [0.05, 0.1) is 5.69 Å². The summed E-state index contributed by atoms with van der Waals surface area (Å²) in [7, 11) is 0. The molecule has 1 aromatic carbocycles. The minimum atomic E-state index is 0.0738. The molecule has 20 heavy (non-hydrogen) atoms. The van der Waals surface area contributed by atoms with Crippen LogP contribution in [0.2, 0.25) is 5.02 Å². The molecule has 1 aromatic heterocycles. The first-order valence-electron chi connectivity index (χ1n) is 6.78. The van der Waals surface area contributed by atoms with Crippen LogP contribution in [-0.4, -0.2) is 16.4 Å². The van der Waals surface area contributed by atoms with Crippen molar-refractivity contribution in [2.75, 3.05) is 6.61 Å². The van der Waals surface area contributed by atoms with Crippen molar-refractivity contribution in [1.82, 2.24) is 9.78 Å². The Balaban J connectivity index is 1.91. The molecule has 2 heterocycles. The van der Waals surface area contributed by atoms with Crippen LogP contribution in [0.5, 0.6) is 0 Å². The lowest BCUT2D eigenvalue weighted by Crippen LogP contribution is -2.18. The number of aryl methyl sites for hydroxylation is 1. The second kappa shape index (κ2) is 5.88. The zero-order chi connectivity index (χ0) is 14.1. The molecule has 0 aliphatic carbocycles. The molecule has 106 valence electrons. The molecule has 1 aliphatic rings. The van der Waals surface area contributed by atoms with E-state index in [1.807, 2.05) is 29.9 Å². The molecule has 2 aromatic rings. The van der Waals surface area contributed by atoms with Gasteiger partial charge in [-0.25, -0.2) is 4.68 Å². The van der Waals surface area contributed by atoms with Crippen molar-refractivity contribution in [1.29, 1.82) is 0 Å². The third-order valence-electron chi connectivity index (χ3n) is 3.58. The van der Waals surface area contributed by atoms with Gasteiger partial charge in [0.15, 0.2) is 0 Å². The summed E-state index contributed by atoms with van der Waals surface area (Å²) in [6.07, 6.45) is 5.43. The average Bonchev–Trinajstić information content (AvgIpc) is 2.93. The number of hydrogen-bond donors (Lipinski definition) is 0. The molecule has 1 aliphatic heterocycles. The Morgan fingerprint density at radius 1 is 1.40 bits per heavy atom. The van der Waals surface area contributed by atoms with Crippen molar-refractivity contribution < 1.29 is 4.74 Å². The quantitative estimate of drug-likeness (QED) is 0.760. The Labute approximate surface area is 132 Å². The number of rotatable bonds is 2. The van der Waals surface area contributed by atoms with Crippen LogP contribution in [0.1, 0.15) is 31.1 Å². The Hall–Kier alpha value is -0.840. The molecule has 1 atom stereocenters. The van der Waals surface area contributed by atoms with Gasteiger partial charge in [-0.1, -0.05) is 27.5 Å². The first-order chi connectivity index (χ1) is 9.65. The highest BCUT2D eigenvalue weighted by atomic mass is 79.9. The fraction of sp³-hybridized carbons (Fsp3) is 0.400. The standard InChI is InChI=1S/C15H16BrClN2O/c1-10-8-11(12(16)9-13(10)17)14-5-6-19(18-14)15-4-2-3-7-20-15/h5-6,8-9,15H,2-4,7H2,1H3. The van der Waals surface area contributed by atoms with E-state index in [1.54, 1.807) is 0 Å². The van der Waals surface area contributed by atoms with Crippen LogP contribution >= 0.6 is 27.5 Å². The first-order valence-corrected chi connectivity index (χ1v) is 7.95. The summed E-state index contributed by atoms with van der Waals surface area (Å²) in [5, 5.41) is 5.41. The highest BCUT2D eigenvalue weighted by Gasteiger charge is 2.17. The molecule has 1 unspecified atom stereocenters. The van der Waals surface area contributed by atoms with Crippen LogP contribution in [0.15, 0.2) is 28.9 Å². The zero-order valence-corrected chi connectivity index (χ0v) is 13.6. The first kappa shape index (κ1) is 14.1. The van der Waals surface area contributed by atoms with Crippen molar-refractivity contribution in [2.24, 2.45) is 0 Å². The lowest BCUT2D eigenvalue weighted by molar-refractivity contribution is -0.0393. The van der Waals surface area contributed by atoms with E-state index in [0.717, 1.165) is 45.8 Å². The van der Waals surface area contributed by atoms with Gasteiger partial charge in [0, 0.05) is 27.9 Å². The van der Waals surface area contributed by atoms with Crippen LogP contribution in [0.4, 0.5) is 0 Å². The van der Waals surface area contributed by atoms with Crippen LogP contribution < -0.4 is 0 Å². The molecule has 0 saturated carbocycles. The Morgan fingerprint density at radius 3 is 3.00 bits per heavy atom. The van der Waals surface area contributed by atoms with Gasteiger partial charge < -0.3 is 4.74 Å². The van der Waals surface area contributed by atoms with E-state index in [-0.39, 0.29) is 6.23 Å². The molecule has 5 heteroatoms. The molecule has 0 spiro atoms. The molecular weight excluding hydrogens is 340 g/mol. The normalized spacial score (nSPS) is 19.2. The molecule has 0 bridgehead atoms. The fourth-order valence-corrected chi connectivity index (χ4v) is 3.27. The SMILES string of the molecule is Cc1cc(-c2ccn(C3CCCCO3)n2)c(Br)cc1Cl. The minimum Gasteiger partial charge on any atom is -0.357 e. The van der Waals surface area contributed by atoms with Crippen molar-refractivity contribution in [3.05, 3.63) is 39.5 Å². The number of aromatic nitrogens is 2. The molecule has 3 nitrogen and oxygen atoms in total. The zero-order valence-electron chi connectivity index (χ0n) is 11.3. The van der Waals surface area contributed by atoms with Crippen LogP contribution in [-0.2, 0) is 4.74 Å². The van der Waals surface area contributed by atoms with E-state index in [0.29, 0.717) is 0 Å². The third kappa shape index (κ3) is 2.78. The van der Waals surface area contributed by atoms with Crippen molar-refractivity contribution in [2.45, 2.75) is 32.4 Å². The summed E-state index contributed by atoms with van der Waals surface area (Å²) in [6.45, 7) is 2.82. The fourth-order valence-electron chi connectivity index (χ4n) is 2.43. The van der Waals surface area contributed by atoms with Crippen LogP contribution in [0.25, 0.3) is 11.3 Å². The van der Waals surface area contributed by atoms with E-state index in [1.165, 1.54) is 6.42 Å². The van der Waals surface area contributed by atoms with Gasteiger partial charge in [-0.15, -0.1) is 0 Å². The molecular formula is C15H16BrClN2O. The molecule has 0 amide bonds. The van der Waals surface area contributed by atoms with E-state index in [2.05, 4.69) is 27.1 Å². The van der Waals surface area contributed by atoms with Crippen molar-refractivity contribution >= 4 is 27.5 Å². The van der Waals surface area contributed by atoms with E-state index in [4.69, 9.17) is 16.3 Å². The van der Waals surface area contributed by atoms with Crippen LogP contribution in [0, 0.1) is 6.92 Å². The predicted octanol–water partition coefficient (Wildman–Crippen LogP) is 4.97. The molecule has 3 rings (SSSR count). The summed E-state index contributed by atoms with van der Waals surface area (Å²) in [5.41, 5.74) is 3.04.